The summed E-state index contributed by atoms with van der Waals surface area (Å²) >= 11 is 0. The molecule has 1 aromatic heterocycles. The zero-order valence-corrected chi connectivity index (χ0v) is 15.4. The molecule has 0 radical (unpaired) electrons. The number of rotatable bonds is 7. The lowest BCUT2D eigenvalue weighted by atomic mass is 10.1. The monoisotopic (exact) mass is 362 g/mol. The van der Waals surface area contributed by atoms with Crippen molar-refractivity contribution in [2.24, 2.45) is 0 Å². The van der Waals surface area contributed by atoms with Crippen LogP contribution in [0.5, 0.6) is 5.75 Å². The molecule has 0 bridgehead atoms. The van der Waals surface area contributed by atoms with Crippen LogP contribution in [0.2, 0.25) is 0 Å². The Morgan fingerprint density at radius 3 is 2.48 bits per heavy atom. The number of methoxy groups -OCH3 is 1. The summed E-state index contributed by atoms with van der Waals surface area (Å²) in [6.45, 7) is 2.67. The van der Waals surface area contributed by atoms with Crippen LogP contribution in [-0.4, -0.2) is 29.5 Å². The fourth-order valence-corrected chi connectivity index (χ4v) is 2.57. The van der Waals surface area contributed by atoms with E-state index in [0.29, 0.717) is 18.1 Å². The van der Waals surface area contributed by atoms with Gasteiger partial charge < -0.3 is 15.4 Å². The largest absolute Gasteiger partial charge is 0.497 e. The summed E-state index contributed by atoms with van der Waals surface area (Å²) in [6, 6.07) is 15.6. The van der Waals surface area contributed by atoms with Crippen LogP contribution in [0.1, 0.15) is 21.5 Å². The Morgan fingerprint density at radius 2 is 1.81 bits per heavy atom. The minimum atomic E-state index is -0.231. The van der Waals surface area contributed by atoms with E-state index in [2.05, 4.69) is 20.6 Å². The first-order valence-electron chi connectivity index (χ1n) is 8.71. The van der Waals surface area contributed by atoms with Crippen LogP contribution in [0.4, 0.5) is 11.6 Å². The van der Waals surface area contributed by atoms with Gasteiger partial charge in [0.05, 0.1) is 12.7 Å². The summed E-state index contributed by atoms with van der Waals surface area (Å²) in [4.78, 5) is 20.7. The van der Waals surface area contributed by atoms with E-state index in [9.17, 15) is 4.79 Å². The van der Waals surface area contributed by atoms with E-state index >= 15 is 0 Å². The molecule has 0 aliphatic heterocycles. The summed E-state index contributed by atoms with van der Waals surface area (Å²) in [5, 5.41) is 6.00. The van der Waals surface area contributed by atoms with Gasteiger partial charge in [-0.1, -0.05) is 24.3 Å². The third-order valence-corrected chi connectivity index (χ3v) is 4.05. The lowest BCUT2D eigenvalue weighted by Gasteiger charge is -2.08. The third kappa shape index (κ3) is 5.28. The molecule has 2 aromatic carbocycles. The number of hydrogen-bond acceptors (Lipinski definition) is 5. The maximum atomic E-state index is 12.3. The number of anilines is 2. The highest BCUT2D eigenvalue weighted by atomic mass is 16.5. The molecular formula is C21H22N4O2. The molecule has 0 atom stereocenters. The fourth-order valence-electron chi connectivity index (χ4n) is 2.57. The van der Waals surface area contributed by atoms with E-state index in [4.69, 9.17) is 4.74 Å². The average Bonchev–Trinajstić information content (AvgIpc) is 2.69. The van der Waals surface area contributed by atoms with Gasteiger partial charge in [-0.25, -0.2) is 9.97 Å². The Morgan fingerprint density at radius 1 is 1.07 bits per heavy atom. The molecule has 1 heterocycles. The molecule has 6 nitrogen and oxygen atoms in total. The number of amides is 1. The number of ether oxygens (including phenoxy) is 1. The Labute approximate surface area is 158 Å². The average molecular weight is 362 g/mol. The predicted octanol–water partition coefficient (Wildman–Crippen LogP) is 3.70. The zero-order chi connectivity index (χ0) is 19.1. The molecule has 0 aliphatic carbocycles. The Bertz CT molecular complexity index is 893. The topological polar surface area (TPSA) is 76.1 Å². The van der Waals surface area contributed by atoms with Crippen molar-refractivity contribution < 1.29 is 9.53 Å². The number of carbonyl (C=O) groups is 1. The van der Waals surface area contributed by atoms with Crippen LogP contribution in [0, 0.1) is 6.92 Å². The number of aryl methyl sites for hydroxylation is 1. The first-order valence-corrected chi connectivity index (χ1v) is 8.71. The standard InChI is InChI=1S/C21H22N4O2/c1-15-4-3-5-18(12-15)25-20(26)17-13-23-21(24-14-17)22-11-10-16-6-8-19(27-2)9-7-16/h3-9,12-14H,10-11H2,1-2H3,(H,25,26)(H,22,23,24). The van der Waals surface area contributed by atoms with Crippen molar-refractivity contribution in [1.82, 2.24) is 9.97 Å². The van der Waals surface area contributed by atoms with Crippen LogP contribution in [-0.2, 0) is 6.42 Å². The number of nitrogens with one attached hydrogen (secondary N) is 2. The lowest BCUT2D eigenvalue weighted by molar-refractivity contribution is 0.102. The summed E-state index contributed by atoms with van der Waals surface area (Å²) in [6.07, 6.45) is 3.88. The molecule has 0 saturated carbocycles. The molecule has 0 spiro atoms. The second-order valence-corrected chi connectivity index (χ2v) is 6.14. The van der Waals surface area contributed by atoms with Gasteiger partial charge in [-0.3, -0.25) is 4.79 Å². The van der Waals surface area contributed by atoms with Gasteiger partial charge in [-0.15, -0.1) is 0 Å². The molecule has 0 saturated heterocycles. The van der Waals surface area contributed by atoms with Crippen molar-refractivity contribution in [3.8, 4) is 5.75 Å². The first-order chi connectivity index (χ1) is 13.1. The van der Waals surface area contributed by atoms with Gasteiger partial charge in [0.15, 0.2) is 0 Å². The highest BCUT2D eigenvalue weighted by molar-refractivity contribution is 6.03. The van der Waals surface area contributed by atoms with Crippen molar-refractivity contribution >= 4 is 17.5 Å². The van der Waals surface area contributed by atoms with Gasteiger partial charge in [0.25, 0.3) is 5.91 Å². The molecule has 138 valence electrons. The Kier molecular flexibility index (Phi) is 5.99. The number of benzene rings is 2. The summed E-state index contributed by atoms with van der Waals surface area (Å²) in [5.41, 5.74) is 3.44. The molecular weight excluding hydrogens is 340 g/mol. The van der Waals surface area contributed by atoms with E-state index < -0.39 is 0 Å². The second kappa shape index (κ2) is 8.80. The van der Waals surface area contributed by atoms with Crippen molar-refractivity contribution in [3.63, 3.8) is 0 Å². The highest BCUT2D eigenvalue weighted by Gasteiger charge is 2.08. The maximum Gasteiger partial charge on any atom is 0.258 e. The number of carbonyl (C=O) groups excluding carboxylic acids is 1. The molecule has 27 heavy (non-hydrogen) atoms. The summed E-state index contributed by atoms with van der Waals surface area (Å²) in [7, 11) is 1.65. The normalized spacial score (nSPS) is 10.3. The van der Waals surface area contributed by atoms with E-state index in [1.807, 2.05) is 55.5 Å². The first kappa shape index (κ1) is 18.4. The Hall–Kier alpha value is -3.41. The van der Waals surface area contributed by atoms with Crippen LogP contribution in [0.3, 0.4) is 0 Å². The highest BCUT2D eigenvalue weighted by Crippen LogP contribution is 2.13. The SMILES string of the molecule is COc1ccc(CCNc2ncc(C(=O)Nc3cccc(C)c3)cn2)cc1. The summed E-state index contributed by atoms with van der Waals surface area (Å²) in [5.74, 6) is 1.11. The van der Waals surface area contributed by atoms with Crippen LogP contribution >= 0.6 is 0 Å². The maximum absolute atomic E-state index is 12.3. The minimum absolute atomic E-state index is 0.231. The quantitative estimate of drug-likeness (QED) is 0.670. The Balaban J connectivity index is 1.51. The van der Waals surface area contributed by atoms with Crippen LogP contribution in [0.25, 0.3) is 0 Å². The zero-order valence-electron chi connectivity index (χ0n) is 15.4. The second-order valence-electron chi connectivity index (χ2n) is 6.14. The molecule has 3 rings (SSSR count). The van der Waals surface area contributed by atoms with E-state index in [0.717, 1.165) is 23.4 Å². The number of aromatic nitrogens is 2. The van der Waals surface area contributed by atoms with Crippen molar-refractivity contribution in [3.05, 3.63) is 77.6 Å². The van der Waals surface area contributed by atoms with Crippen molar-refractivity contribution in [1.29, 1.82) is 0 Å². The number of hydrogen-bond donors (Lipinski definition) is 2. The van der Waals surface area contributed by atoms with Gasteiger partial charge in [-0.2, -0.15) is 0 Å². The van der Waals surface area contributed by atoms with E-state index in [1.165, 1.54) is 18.0 Å². The molecule has 3 aromatic rings. The molecule has 0 unspecified atom stereocenters. The third-order valence-electron chi connectivity index (χ3n) is 4.05. The molecule has 6 heteroatoms. The predicted molar refractivity (Wildman–Crippen MR) is 106 cm³/mol. The van der Waals surface area contributed by atoms with Gasteiger partial charge in [0, 0.05) is 24.6 Å². The minimum Gasteiger partial charge on any atom is -0.497 e. The van der Waals surface area contributed by atoms with Gasteiger partial charge in [-0.05, 0) is 48.7 Å². The molecule has 0 fully saturated rings. The van der Waals surface area contributed by atoms with Crippen LogP contribution < -0.4 is 15.4 Å². The lowest BCUT2D eigenvalue weighted by Crippen LogP contribution is -2.14. The number of nitrogens with zero attached hydrogens (tertiary/aromatic N) is 2. The van der Waals surface area contributed by atoms with E-state index in [1.54, 1.807) is 7.11 Å². The van der Waals surface area contributed by atoms with E-state index in [-0.39, 0.29) is 5.91 Å². The van der Waals surface area contributed by atoms with Crippen molar-refractivity contribution in [2.45, 2.75) is 13.3 Å². The van der Waals surface area contributed by atoms with Crippen LogP contribution in [0.15, 0.2) is 60.9 Å². The van der Waals surface area contributed by atoms with Gasteiger partial charge in [0.2, 0.25) is 5.95 Å². The summed E-state index contributed by atoms with van der Waals surface area (Å²) < 4.78 is 5.15. The van der Waals surface area contributed by atoms with Gasteiger partial charge >= 0.3 is 0 Å². The molecule has 1 amide bonds. The fraction of sp³-hybridized carbons (Fsp3) is 0.190. The van der Waals surface area contributed by atoms with Crippen molar-refractivity contribution in [2.75, 3.05) is 24.3 Å². The van der Waals surface area contributed by atoms with Gasteiger partial charge in [0.1, 0.15) is 5.75 Å². The molecule has 0 aliphatic rings. The smallest absolute Gasteiger partial charge is 0.258 e. The molecule has 2 N–H and O–H groups in total.